The largest absolute Gasteiger partial charge is 0.456 e. The van der Waals surface area contributed by atoms with Crippen LogP contribution in [0.4, 0.5) is 0 Å². The SMILES string of the molecule is CCc1nn2c(=O)cc(COC(=O)c3ccccc3Cl)nc2s1. The van der Waals surface area contributed by atoms with Gasteiger partial charge >= 0.3 is 5.97 Å². The lowest BCUT2D eigenvalue weighted by Crippen LogP contribution is -2.16. The maximum absolute atomic E-state index is 12.0. The topological polar surface area (TPSA) is 73.6 Å². The van der Waals surface area contributed by atoms with Crippen LogP contribution in [0.2, 0.25) is 5.02 Å². The van der Waals surface area contributed by atoms with Gasteiger partial charge in [-0.2, -0.15) is 9.61 Å². The van der Waals surface area contributed by atoms with Gasteiger partial charge in [-0.05, 0) is 18.6 Å². The third-order valence-corrected chi connectivity index (χ3v) is 4.47. The Hall–Kier alpha value is -2.25. The van der Waals surface area contributed by atoms with Crippen LogP contribution in [0, 0.1) is 0 Å². The fraction of sp³-hybridized carbons (Fsp3) is 0.200. The highest BCUT2D eigenvalue weighted by atomic mass is 35.5. The number of esters is 1. The van der Waals surface area contributed by atoms with Crippen molar-refractivity contribution in [2.75, 3.05) is 0 Å². The van der Waals surface area contributed by atoms with E-state index in [1.807, 2.05) is 6.92 Å². The third-order valence-electron chi connectivity index (χ3n) is 3.09. The van der Waals surface area contributed by atoms with Gasteiger partial charge in [0.1, 0.15) is 11.6 Å². The monoisotopic (exact) mass is 349 g/mol. The van der Waals surface area contributed by atoms with E-state index in [1.54, 1.807) is 24.3 Å². The van der Waals surface area contributed by atoms with Crippen LogP contribution in [-0.2, 0) is 17.8 Å². The molecule has 0 aliphatic heterocycles. The summed E-state index contributed by atoms with van der Waals surface area (Å²) in [5.41, 5.74) is 0.356. The minimum absolute atomic E-state index is 0.102. The summed E-state index contributed by atoms with van der Waals surface area (Å²) < 4.78 is 6.44. The molecule has 0 spiro atoms. The van der Waals surface area contributed by atoms with E-state index < -0.39 is 5.97 Å². The molecule has 0 unspecified atom stereocenters. The standard InChI is InChI=1S/C15H12ClN3O3S/c1-2-12-18-19-13(20)7-9(17-15(19)23-12)8-22-14(21)10-5-3-4-6-11(10)16/h3-7H,2,8H2,1H3. The molecule has 0 aliphatic carbocycles. The Morgan fingerprint density at radius 2 is 2.17 bits per heavy atom. The molecule has 2 aromatic heterocycles. The second-order valence-corrected chi connectivity index (χ2v) is 6.13. The first-order chi connectivity index (χ1) is 11.1. The minimum atomic E-state index is -0.559. The van der Waals surface area contributed by atoms with Gasteiger partial charge in [0.05, 0.1) is 16.3 Å². The maximum atomic E-state index is 12.0. The number of aromatic nitrogens is 3. The summed E-state index contributed by atoms with van der Waals surface area (Å²) in [7, 11) is 0. The van der Waals surface area contributed by atoms with Gasteiger partial charge in [-0.25, -0.2) is 9.78 Å². The zero-order valence-corrected chi connectivity index (χ0v) is 13.7. The van der Waals surface area contributed by atoms with Crippen molar-refractivity contribution in [3.8, 4) is 0 Å². The molecule has 0 saturated carbocycles. The first kappa shape index (κ1) is 15.6. The number of hydrogen-bond donors (Lipinski definition) is 0. The Balaban J connectivity index is 1.81. The van der Waals surface area contributed by atoms with Crippen LogP contribution in [0.1, 0.15) is 28.0 Å². The molecule has 6 nitrogen and oxygen atoms in total. The molecular formula is C15H12ClN3O3S. The number of ether oxygens (including phenoxy) is 1. The van der Waals surface area contributed by atoms with E-state index in [0.717, 1.165) is 11.4 Å². The number of carbonyl (C=O) groups excluding carboxylic acids is 1. The third kappa shape index (κ3) is 3.25. The molecule has 118 valence electrons. The Labute approximate surface area is 140 Å². The van der Waals surface area contributed by atoms with Gasteiger partial charge < -0.3 is 4.74 Å². The summed E-state index contributed by atoms with van der Waals surface area (Å²) in [6, 6.07) is 7.92. The van der Waals surface area contributed by atoms with Crippen LogP contribution in [-0.4, -0.2) is 20.6 Å². The zero-order chi connectivity index (χ0) is 16.4. The number of nitrogens with zero attached hydrogens (tertiary/aromatic N) is 3. The van der Waals surface area contributed by atoms with Crippen LogP contribution in [0.5, 0.6) is 0 Å². The van der Waals surface area contributed by atoms with Crippen molar-refractivity contribution in [1.82, 2.24) is 14.6 Å². The van der Waals surface area contributed by atoms with Crippen LogP contribution in [0.25, 0.3) is 4.96 Å². The molecule has 0 bridgehead atoms. The summed E-state index contributed by atoms with van der Waals surface area (Å²) in [5, 5.41) is 5.30. The Bertz CT molecular complexity index is 935. The quantitative estimate of drug-likeness (QED) is 0.677. The van der Waals surface area contributed by atoms with E-state index in [-0.39, 0.29) is 17.7 Å². The smallest absolute Gasteiger partial charge is 0.340 e. The highest BCUT2D eigenvalue weighted by Crippen LogP contribution is 2.17. The Morgan fingerprint density at radius 3 is 2.91 bits per heavy atom. The molecule has 3 aromatic rings. The predicted molar refractivity (Wildman–Crippen MR) is 87.1 cm³/mol. The van der Waals surface area contributed by atoms with Gasteiger partial charge in [0.15, 0.2) is 0 Å². The fourth-order valence-corrected chi connectivity index (χ4v) is 3.03. The van der Waals surface area contributed by atoms with Crippen molar-refractivity contribution in [1.29, 1.82) is 0 Å². The molecule has 0 aliphatic rings. The molecule has 8 heteroatoms. The second-order valence-electron chi connectivity index (χ2n) is 4.69. The predicted octanol–water partition coefficient (Wildman–Crippen LogP) is 2.72. The van der Waals surface area contributed by atoms with Crippen molar-refractivity contribution in [2.24, 2.45) is 0 Å². The molecule has 2 heterocycles. The van der Waals surface area contributed by atoms with Crippen LogP contribution in [0.15, 0.2) is 35.1 Å². The van der Waals surface area contributed by atoms with Gasteiger partial charge in [-0.1, -0.05) is 42.0 Å². The second kappa shape index (κ2) is 6.47. The molecule has 0 N–H and O–H groups in total. The van der Waals surface area contributed by atoms with Crippen LogP contribution >= 0.6 is 22.9 Å². The summed E-state index contributed by atoms with van der Waals surface area (Å²) >= 11 is 7.28. The van der Waals surface area contributed by atoms with Gasteiger partial charge in [-0.15, -0.1) is 0 Å². The Morgan fingerprint density at radius 1 is 1.39 bits per heavy atom. The van der Waals surface area contributed by atoms with E-state index in [2.05, 4.69) is 10.1 Å². The van der Waals surface area contributed by atoms with Crippen LogP contribution in [0.3, 0.4) is 0 Å². The first-order valence-corrected chi connectivity index (χ1v) is 8.08. The first-order valence-electron chi connectivity index (χ1n) is 6.89. The number of fused-ring (bicyclic) bond motifs is 1. The molecule has 1 aromatic carbocycles. The molecule has 0 saturated heterocycles. The molecule has 0 radical (unpaired) electrons. The van der Waals surface area contributed by atoms with Crippen molar-refractivity contribution in [2.45, 2.75) is 20.0 Å². The number of benzene rings is 1. The Kier molecular flexibility index (Phi) is 4.40. The van der Waals surface area contributed by atoms with Crippen molar-refractivity contribution >= 4 is 33.9 Å². The molecule has 3 rings (SSSR count). The summed E-state index contributed by atoms with van der Waals surface area (Å²) in [6.07, 6.45) is 0.726. The number of aryl methyl sites for hydroxylation is 1. The molecule has 0 fully saturated rings. The average molecular weight is 350 g/mol. The summed E-state index contributed by atoms with van der Waals surface area (Å²) in [5.74, 6) is -0.559. The highest BCUT2D eigenvalue weighted by molar-refractivity contribution is 7.16. The van der Waals surface area contributed by atoms with Gasteiger partial charge in [0.2, 0.25) is 4.96 Å². The number of halogens is 1. The van der Waals surface area contributed by atoms with E-state index in [9.17, 15) is 9.59 Å². The molecular weight excluding hydrogens is 338 g/mol. The van der Waals surface area contributed by atoms with Gasteiger partial charge in [0.25, 0.3) is 5.56 Å². The lowest BCUT2D eigenvalue weighted by Gasteiger charge is -2.05. The van der Waals surface area contributed by atoms with Crippen molar-refractivity contribution < 1.29 is 9.53 Å². The fourth-order valence-electron chi connectivity index (χ4n) is 1.96. The van der Waals surface area contributed by atoms with Gasteiger partial charge in [-0.3, -0.25) is 4.79 Å². The number of carbonyl (C=O) groups is 1. The lowest BCUT2D eigenvalue weighted by molar-refractivity contribution is 0.0468. The molecule has 0 atom stereocenters. The minimum Gasteiger partial charge on any atom is -0.456 e. The summed E-state index contributed by atoms with van der Waals surface area (Å²) in [6.45, 7) is 1.85. The summed E-state index contributed by atoms with van der Waals surface area (Å²) in [4.78, 5) is 28.8. The number of rotatable bonds is 4. The maximum Gasteiger partial charge on any atom is 0.340 e. The average Bonchev–Trinajstić information content (AvgIpc) is 2.97. The van der Waals surface area contributed by atoms with Crippen molar-refractivity contribution in [3.63, 3.8) is 0 Å². The van der Waals surface area contributed by atoms with E-state index >= 15 is 0 Å². The van der Waals surface area contributed by atoms with E-state index in [1.165, 1.54) is 21.9 Å². The van der Waals surface area contributed by atoms with E-state index in [4.69, 9.17) is 16.3 Å². The lowest BCUT2D eigenvalue weighted by atomic mass is 10.2. The molecule has 23 heavy (non-hydrogen) atoms. The van der Waals surface area contributed by atoms with Gasteiger partial charge in [0, 0.05) is 6.07 Å². The zero-order valence-electron chi connectivity index (χ0n) is 12.2. The van der Waals surface area contributed by atoms with E-state index in [0.29, 0.717) is 15.7 Å². The van der Waals surface area contributed by atoms with Crippen molar-refractivity contribution in [3.05, 3.63) is 62.0 Å². The molecule has 0 amide bonds. The number of hydrogen-bond acceptors (Lipinski definition) is 6. The normalized spacial score (nSPS) is 10.9. The highest BCUT2D eigenvalue weighted by Gasteiger charge is 2.13. The van der Waals surface area contributed by atoms with Crippen LogP contribution < -0.4 is 5.56 Å².